The lowest BCUT2D eigenvalue weighted by atomic mass is 10.0. The van der Waals surface area contributed by atoms with Crippen LogP contribution in [-0.2, 0) is 10.3 Å². The van der Waals surface area contributed by atoms with E-state index in [1.165, 1.54) is 0 Å². The number of benzene rings is 2. The number of anilines is 1. The molecule has 2 heterocycles. The first-order valence-corrected chi connectivity index (χ1v) is 11.9. The van der Waals surface area contributed by atoms with Crippen molar-refractivity contribution < 1.29 is 9.84 Å². The molecule has 176 valence electrons. The van der Waals surface area contributed by atoms with E-state index in [-0.39, 0.29) is 6.23 Å². The second kappa shape index (κ2) is 9.65. The average Bonchev–Trinajstić information content (AvgIpc) is 3.20. The van der Waals surface area contributed by atoms with Gasteiger partial charge in [-0.05, 0) is 63.6 Å². The Kier molecular flexibility index (Phi) is 7.03. The summed E-state index contributed by atoms with van der Waals surface area (Å²) < 4.78 is 7.70. The lowest BCUT2D eigenvalue weighted by Gasteiger charge is -2.35. The van der Waals surface area contributed by atoms with Crippen molar-refractivity contribution in [2.24, 2.45) is 0 Å². The van der Waals surface area contributed by atoms with Crippen LogP contribution in [0.5, 0.6) is 0 Å². The molecule has 1 aliphatic heterocycles. The van der Waals surface area contributed by atoms with Gasteiger partial charge in [-0.3, -0.25) is 0 Å². The van der Waals surface area contributed by atoms with Gasteiger partial charge >= 0.3 is 0 Å². The average molecular weight is 489 g/mol. The Morgan fingerprint density at radius 1 is 1.21 bits per heavy atom. The number of hydrogen-bond acceptors (Lipinski definition) is 5. The molecule has 33 heavy (non-hydrogen) atoms. The number of hydrogen-bond donors (Lipinski definition) is 2. The number of para-hydroxylation sites is 1. The van der Waals surface area contributed by atoms with Gasteiger partial charge in [0.1, 0.15) is 17.5 Å². The van der Waals surface area contributed by atoms with Crippen molar-refractivity contribution in [3.05, 3.63) is 63.8 Å². The van der Waals surface area contributed by atoms with Gasteiger partial charge in [-0.15, -0.1) is 0 Å². The van der Waals surface area contributed by atoms with Crippen LogP contribution >= 0.6 is 23.2 Å². The molecule has 1 fully saturated rings. The zero-order chi connectivity index (χ0) is 23.8. The molecule has 2 aromatic carbocycles. The highest BCUT2D eigenvalue weighted by molar-refractivity contribution is 6.37. The second-order valence-corrected chi connectivity index (χ2v) is 9.59. The van der Waals surface area contributed by atoms with Gasteiger partial charge in [0, 0.05) is 30.9 Å². The van der Waals surface area contributed by atoms with Crippen LogP contribution in [0.25, 0.3) is 16.9 Å². The van der Waals surface area contributed by atoms with E-state index in [2.05, 4.69) is 42.3 Å². The fourth-order valence-corrected chi connectivity index (χ4v) is 4.71. The maximum atomic E-state index is 10.7. The third kappa shape index (κ3) is 4.91. The van der Waals surface area contributed by atoms with Crippen molar-refractivity contribution >= 4 is 28.9 Å². The number of likely N-dealkylation sites (N-methyl/N-ethyl adjacent to an activating group) is 1. The first-order chi connectivity index (χ1) is 15.7. The molecule has 1 unspecified atom stereocenters. The van der Waals surface area contributed by atoms with Crippen molar-refractivity contribution in [2.75, 3.05) is 31.1 Å². The summed E-state index contributed by atoms with van der Waals surface area (Å²) in [4.78, 5) is 2.26. The molecule has 3 aromatic rings. The normalized spacial score (nSPS) is 16.8. The number of ether oxygens (including phenoxy) is 1. The smallest absolute Gasteiger partial charge is 0.142 e. The maximum Gasteiger partial charge on any atom is 0.142 e. The van der Waals surface area contributed by atoms with Crippen molar-refractivity contribution in [1.29, 1.82) is 0 Å². The minimum Gasteiger partial charge on any atom is -0.384 e. The number of nitrogens with zero attached hydrogens (tertiary/aromatic N) is 3. The molecule has 0 radical (unpaired) electrons. The molecule has 0 spiro atoms. The SMILES string of the molecule is CCN(c1ccc(-c2cc(C(C)(C)O)nn2-c2c(Cl)cccc2Cl)c(C)c1)C1CNCCO1. The van der Waals surface area contributed by atoms with Gasteiger partial charge in [0.05, 0.1) is 28.0 Å². The Morgan fingerprint density at radius 3 is 2.52 bits per heavy atom. The molecule has 6 nitrogen and oxygen atoms in total. The van der Waals surface area contributed by atoms with Gasteiger partial charge in [0.2, 0.25) is 0 Å². The minimum absolute atomic E-state index is 0.00301. The molecule has 2 N–H and O–H groups in total. The van der Waals surface area contributed by atoms with Gasteiger partial charge in [0.25, 0.3) is 0 Å². The van der Waals surface area contributed by atoms with E-state index < -0.39 is 5.60 Å². The number of rotatable bonds is 6. The summed E-state index contributed by atoms with van der Waals surface area (Å²) in [5.41, 5.74) is 3.96. The lowest BCUT2D eigenvalue weighted by molar-refractivity contribution is 0.0272. The molecule has 0 aliphatic carbocycles. The highest BCUT2D eigenvalue weighted by Gasteiger charge is 2.26. The van der Waals surface area contributed by atoms with Crippen LogP contribution in [0.4, 0.5) is 5.69 Å². The Hall–Kier alpha value is -2.09. The minimum atomic E-state index is -1.12. The molecule has 1 saturated heterocycles. The summed E-state index contributed by atoms with van der Waals surface area (Å²) >= 11 is 13.0. The number of morpholine rings is 1. The monoisotopic (exact) mass is 488 g/mol. The lowest BCUT2D eigenvalue weighted by Crippen LogP contribution is -2.49. The highest BCUT2D eigenvalue weighted by atomic mass is 35.5. The van der Waals surface area contributed by atoms with Gasteiger partial charge in [-0.25, -0.2) is 4.68 Å². The predicted molar refractivity (Wildman–Crippen MR) is 135 cm³/mol. The molecular weight excluding hydrogens is 459 g/mol. The van der Waals surface area contributed by atoms with Crippen LogP contribution < -0.4 is 10.2 Å². The summed E-state index contributed by atoms with van der Waals surface area (Å²) in [6.07, 6.45) is 0.00301. The Bertz CT molecular complexity index is 1110. The summed E-state index contributed by atoms with van der Waals surface area (Å²) in [7, 11) is 0. The maximum absolute atomic E-state index is 10.7. The van der Waals surface area contributed by atoms with Crippen LogP contribution in [0.15, 0.2) is 42.5 Å². The van der Waals surface area contributed by atoms with Crippen molar-refractivity contribution in [3.8, 4) is 16.9 Å². The summed E-state index contributed by atoms with van der Waals surface area (Å²) in [5.74, 6) is 0. The third-order valence-electron chi connectivity index (χ3n) is 5.90. The fraction of sp³-hybridized carbons (Fsp3) is 0.400. The molecule has 4 rings (SSSR count). The molecule has 8 heteroatoms. The molecule has 1 atom stereocenters. The van der Waals surface area contributed by atoms with E-state index in [0.717, 1.165) is 42.1 Å². The molecular formula is C25H30Cl2N4O2. The highest BCUT2D eigenvalue weighted by Crippen LogP contribution is 2.36. The molecule has 1 aromatic heterocycles. The van der Waals surface area contributed by atoms with Crippen LogP contribution in [-0.4, -0.2) is 47.4 Å². The number of nitrogens with one attached hydrogen (secondary N) is 1. The first-order valence-electron chi connectivity index (χ1n) is 11.2. The third-order valence-corrected chi connectivity index (χ3v) is 6.51. The van der Waals surface area contributed by atoms with Crippen LogP contribution in [0.2, 0.25) is 10.0 Å². The number of aryl methyl sites for hydroxylation is 1. The van der Waals surface area contributed by atoms with E-state index in [9.17, 15) is 5.11 Å². The van der Waals surface area contributed by atoms with Crippen molar-refractivity contribution in [3.63, 3.8) is 0 Å². The van der Waals surface area contributed by atoms with Crippen molar-refractivity contribution in [1.82, 2.24) is 15.1 Å². The largest absolute Gasteiger partial charge is 0.384 e. The zero-order valence-corrected chi connectivity index (χ0v) is 20.9. The molecule has 0 amide bonds. The van der Waals surface area contributed by atoms with Gasteiger partial charge < -0.3 is 20.1 Å². The van der Waals surface area contributed by atoms with E-state index in [0.29, 0.717) is 28.0 Å². The van der Waals surface area contributed by atoms with E-state index in [1.807, 2.05) is 6.07 Å². The Balaban J connectivity index is 1.81. The Labute approximate surface area is 205 Å². The zero-order valence-electron chi connectivity index (χ0n) is 19.4. The van der Waals surface area contributed by atoms with E-state index in [1.54, 1.807) is 36.7 Å². The number of aliphatic hydroxyl groups is 1. The standard InChI is InChI=1S/C25H30Cl2N4O2/c1-5-30(23-15-28-11-12-33-23)17-9-10-18(16(2)13-17)21-14-22(25(3,4)32)29-31(21)24-19(26)7-6-8-20(24)27/h6-10,13-14,23,28,32H,5,11-12,15H2,1-4H3. The second-order valence-electron chi connectivity index (χ2n) is 8.77. The van der Waals surface area contributed by atoms with Crippen LogP contribution in [0.3, 0.4) is 0 Å². The number of halogens is 2. The fourth-order valence-electron chi connectivity index (χ4n) is 4.15. The Morgan fingerprint density at radius 2 is 1.94 bits per heavy atom. The van der Waals surface area contributed by atoms with E-state index in [4.69, 9.17) is 33.0 Å². The molecule has 0 saturated carbocycles. The van der Waals surface area contributed by atoms with Gasteiger partial charge in [-0.1, -0.05) is 35.3 Å². The van der Waals surface area contributed by atoms with E-state index >= 15 is 0 Å². The van der Waals surface area contributed by atoms with Crippen molar-refractivity contribution in [2.45, 2.75) is 39.5 Å². The predicted octanol–water partition coefficient (Wildman–Crippen LogP) is 5.15. The summed E-state index contributed by atoms with van der Waals surface area (Å²) in [6.45, 7) is 10.8. The first kappa shape index (κ1) is 24.0. The van der Waals surface area contributed by atoms with Gasteiger partial charge in [0.15, 0.2) is 0 Å². The topological polar surface area (TPSA) is 62.5 Å². The van der Waals surface area contributed by atoms with Gasteiger partial charge in [-0.2, -0.15) is 5.10 Å². The van der Waals surface area contributed by atoms with Crippen LogP contribution in [0, 0.1) is 6.92 Å². The summed E-state index contributed by atoms with van der Waals surface area (Å²) in [5, 5.41) is 19.7. The molecule has 1 aliphatic rings. The summed E-state index contributed by atoms with van der Waals surface area (Å²) in [6, 6.07) is 13.6. The van der Waals surface area contributed by atoms with Crippen LogP contribution in [0.1, 0.15) is 32.0 Å². The number of aromatic nitrogens is 2. The quantitative estimate of drug-likeness (QED) is 0.501. The molecule has 0 bridgehead atoms.